The summed E-state index contributed by atoms with van der Waals surface area (Å²) in [4.78, 5) is -0.518. The summed E-state index contributed by atoms with van der Waals surface area (Å²) in [5.41, 5.74) is 35.4. The summed E-state index contributed by atoms with van der Waals surface area (Å²) in [5.74, 6) is 0. The van der Waals surface area contributed by atoms with E-state index in [2.05, 4.69) is 86.8 Å². The average molecular weight is 512 g/mol. The molecule has 0 unspecified atom stereocenters. The Morgan fingerprint density at radius 2 is 1.28 bits per heavy atom. The van der Waals surface area contributed by atoms with Gasteiger partial charge in [0.15, 0.2) is 0 Å². The van der Waals surface area contributed by atoms with Crippen molar-refractivity contribution in [2.45, 2.75) is 13.8 Å². The van der Waals surface area contributed by atoms with Gasteiger partial charge in [0.2, 0.25) is 0 Å². The topological polar surface area (TPSA) is 57.2 Å². The molecule has 0 saturated heterocycles. The molecular weight excluding hydrogens is 501 g/mol. The Morgan fingerprint density at radius 1 is 0.828 bits per heavy atom. The van der Waals surface area contributed by atoms with E-state index in [1.165, 1.54) is 0 Å². The predicted octanol–water partition coefficient (Wildman–Crippen LogP) is 0.995. The van der Waals surface area contributed by atoms with E-state index in [-0.39, 0.29) is 74.5 Å². The van der Waals surface area contributed by atoms with Crippen LogP contribution in [0, 0.1) is 13.8 Å². The molecule has 5 heteroatoms. The maximum atomic E-state index is 11.5. The molecule has 0 fully saturated rings. The maximum Gasteiger partial charge on any atom is 1.00 e. The maximum absolute atomic E-state index is 11.5. The number of aryl methyl sites for hydroxylation is 2. The van der Waals surface area contributed by atoms with Crippen molar-refractivity contribution in [2.75, 3.05) is 0 Å². The predicted molar refractivity (Wildman–Crippen MR) is 104 cm³/mol. The van der Waals surface area contributed by atoms with Gasteiger partial charge >= 0.3 is 68.9 Å². The minimum atomic E-state index is -4.74. The van der Waals surface area contributed by atoms with Crippen LogP contribution in [0.3, 0.4) is 0 Å². The molecular formula is C24H11CsO3S. The second-order valence-corrected chi connectivity index (χ2v) is 6.22. The van der Waals surface area contributed by atoms with Crippen molar-refractivity contribution in [3.05, 3.63) is 122 Å². The Morgan fingerprint density at radius 3 is 1.72 bits per heavy atom. The summed E-state index contributed by atoms with van der Waals surface area (Å²) in [6.45, 7) is 6.77. The van der Waals surface area contributed by atoms with E-state index in [1.54, 1.807) is 26.0 Å². The van der Waals surface area contributed by atoms with E-state index in [1.807, 2.05) is 6.07 Å². The van der Waals surface area contributed by atoms with Crippen molar-refractivity contribution in [3.63, 3.8) is 0 Å². The van der Waals surface area contributed by atoms with Gasteiger partial charge in [-0.3, -0.25) is 0 Å². The number of rotatable bonds is 2. The summed E-state index contributed by atoms with van der Waals surface area (Å²) in [6.07, 6.45) is 0. The van der Waals surface area contributed by atoms with Gasteiger partial charge in [-0.05, 0) is 107 Å². The fourth-order valence-electron chi connectivity index (χ4n) is 1.69. The van der Waals surface area contributed by atoms with Crippen LogP contribution in [-0.4, -0.2) is 13.0 Å². The fraction of sp³-hybridized carbons (Fsp3) is 0.0833. The van der Waals surface area contributed by atoms with Crippen LogP contribution in [0.1, 0.15) is 16.7 Å². The van der Waals surface area contributed by atoms with Crippen LogP contribution in [0.2, 0.25) is 0 Å². The first-order valence-corrected chi connectivity index (χ1v) is 8.95. The monoisotopic (exact) mass is 512 g/mol. The molecule has 0 aliphatic carbocycles. The smallest absolute Gasteiger partial charge is 0.744 e. The molecule has 0 saturated carbocycles. The molecule has 0 aliphatic rings. The van der Waals surface area contributed by atoms with Gasteiger partial charge in [-0.15, -0.1) is 0 Å². The van der Waals surface area contributed by atoms with Crippen molar-refractivity contribution in [1.82, 2.24) is 0 Å². The van der Waals surface area contributed by atoms with Gasteiger partial charge in [-0.2, -0.15) is 0 Å². The summed E-state index contributed by atoms with van der Waals surface area (Å²) in [7, 11) is -4.74. The molecule has 1 aromatic rings. The molecule has 0 N–H and O–H groups in total. The average Bonchev–Trinajstić information content (AvgIpc) is 2.63. The van der Waals surface area contributed by atoms with E-state index < -0.39 is 15.0 Å². The molecule has 0 radical (unpaired) electrons. The number of benzene rings is 1. The molecule has 1 aromatic carbocycles. The Hall–Kier alpha value is -2.16. The van der Waals surface area contributed by atoms with Gasteiger partial charge in [-0.25, -0.2) is 8.42 Å². The van der Waals surface area contributed by atoms with Crippen LogP contribution in [-0.2, 0) is 10.1 Å². The molecule has 3 nitrogen and oxygen atoms in total. The van der Waals surface area contributed by atoms with E-state index >= 15 is 0 Å². The van der Waals surface area contributed by atoms with Crippen LogP contribution in [0.5, 0.6) is 0 Å². The van der Waals surface area contributed by atoms with Crippen molar-refractivity contribution < 1.29 is 81.9 Å². The standard InChI is InChI=1S/C24H12O3S.Cs/c1-4-5-6-7-8-9-10-11-12-13-14-15-16-17-24(28(25,26)27)23-20-21(2)18-19-22(23)3;/h18-20H,1H2,2-3H3,(H,25,26,27);/q;+1/p-1. The van der Waals surface area contributed by atoms with E-state index in [0.29, 0.717) is 5.56 Å². The van der Waals surface area contributed by atoms with Gasteiger partial charge in [0.25, 0.3) is 0 Å². The molecule has 0 atom stereocenters. The van der Waals surface area contributed by atoms with Crippen LogP contribution in [0.4, 0.5) is 0 Å². The summed E-state index contributed by atoms with van der Waals surface area (Å²) in [6, 6.07) is 5.12. The first kappa shape index (κ1) is 26.8. The van der Waals surface area contributed by atoms with Crippen molar-refractivity contribution in [2.24, 2.45) is 0 Å². The zero-order chi connectivity index (χ0) is 20.8. The molecule has 0 spiro atoms. The largest absolute Gasteiger partial charge is 1.00 e. The van der Waals surface area contributed by atoms with Crippen LogP contribution >= 0.6 is 0 Å². The second-order valence-electron chi connectivity index (χ2n) is 4.90. The molecule has 132 valence electrons. The normalized spacial score (nSPS) is 7.41. The molecule has 0 bridgehead atoms. The first-order chi connectivity index (χ1) is 13.4. The Labute approximate surface area is 229 Å². The molecule has 0 amide bonds. The molecule has 29 heavy (non-hydrogen) atoms. The van der Waals surface area contributed by atoms with Gasteiger partial charge < -0.3 is 4.55 Å². The summed E-state index contributed by atoms with van der Waals surface area (Å²) >= 11 is 0. The minimum absolute atomic E-state index is 0. The zero-order valence-corrected chi connectivity index (χ0v) is 23.2. The minimum Gasteiger partial charge on any atom is -0.744 e. The Balaban J connectivity index is 0.00000784. The third-order valence-corrected chi connectivity index (χ3v) is 3.66. The third-order valence-electron chi connectivity index (χ3n) is 2.84. The van der Waals surface area contributed by atoms with Crippen molar-refractivity contribution >= 4 is 15.0 Å². The quantitative estimate of drug-likeness (QED) is 0.439. The third kappa shape index (κ3) is 11.4. The van der Waals surface area contributed by atoms with E-state index in [4.69, 9.17) is 0 Å². The van der Waals surface area contributed by atoms with Crippen LogP contribution in [0.15, 0.2) is 105 Å². The first-order valence-electron chi connectivity index (χ1n) is 7.55. The molecule has 1 rings (SSSR count). The van der Waals surface area contributed by atoms with Gasteiger partial charge in [0.05, 0.1) is 0 Å². The Bertz CT molecular complexity index is 1450. The number of hydrogen-bond donors (Lipinski definition) is 0. The SMILES string of the molecule is C=C=C=C=C=C=C=C=C=C=C=C=C=C=C=C(c1cc(C)ccc1C)S(=O)(=O)[O-].[Cs+]. The van der Waals surface area contributed by atoms with Crippen molar-refractivity contribution in [1.29, 1.82) is 0 Å². The Kier molecular flexibility index (Phi) is 13.7. The van der Waals surface area contributed by atoms with E-state index in [9.17, 15) is 13.0 Å². The summed E-state index contributed by atoms with van der Waals surface area (Å²) < 4.78 is 34.6. The molecule has 0 heterocycles. The molecule has 0 aliphatic heterocycles. The van der Waals surface area contributed by atoms with Gasteiger partial charge in [0.1, 0.15) is 15.0 Å². The zero-order valence-electron chi connectivity index (χ0n) is 16.1. The van der Waals surface area contributed by atoms with E-state index in [0.717, 1.165) is 5.56 Å². The molecule has 0 aromatic heterocycles. The fourth-order valence-corrected chi connectivity index (χ4v) is 2.35. The van der Waals surface area contributed by atoms with Crippen molar-refractivity contribution in [3.8, 4) is 0 Å². The second kappa shape index (κ2) is 14.8. The van der Waals surface area contributed by atoms with Gasteiger partial charge in [-0.1, -0.05) is 23.4 Å². The van der Waals surface area contributed by atoms with Crippen LogP contribution in [0.25, 0.3) is 4.91 Å². The summed E-state index contributed by atoms with van der Waals surface area (Å²) in [5, 5.41) is 0. The van der Waals surface area contributed by atoms with Gasteiger partial charge in [0, 0.05) is 5.56 Å². The van der Waals surface area contributed by atoms with Crippen LogP contribution < -0.4 is 68.9 Å². The number of hydrogen-bond acceptors (Lipinski definition) is 3.